The number of aromatic nitrogens is 3. The van der Waals surface area contributed by atoms with Gasteiger partial charge in [-0.3, -0.25) is 4.79 Å². The molecule has 28 heavy (non-hydrogen) atoms. The smallest absolute Gasteiger partial charge is 0.319 e. The van der Waals surface area contributed by atoms with E-state index in [9.17, 15) is 9.59 Å². The lowest BCUT2D eigenvalue weighted by atomic mass is 10.1. The molecule has 2 aromatic carbocycles. The first-order chi connectivity index (χ1) is 13.4. The van der Waals surface area contributed by atoms with E-state index in [1.165, 1.54) is 4.90 Å². The molecule has 0 radical (unpaired) electrons. The highest BCUT2D eigenvalue weighted by molar-refractivity contribution is 5.97. The number of carbonyl (C=O) groups is 2. The number of carbonyl (C=O) groups excluding carboxylic acids is 2. The van der Waals surface area contributed by atoms with Gasteiger partial charge in [0.2, 0.25) is 0 Å². The molecule has 3 aromatic rings. The summed E-state index contributed by atoms with van der Waals surface area (Å²) in [7, 11) is 3.41. The third-order valence-electron chi connectivity index (χ3n) is 4.63. The minimum atomic E-state index is -0.267. The van der Waals surface area contributed by atoms with Crippen molar-refractivity contribution in [2.24, 2.45) is 0 Å². The van der Waals surface area contributed by atoms with Crippen molar-refractivity contribution >= 4 is 28.7 Å². The van der Waals surface area contributed by atoms with E-state index in [0.717, 1.165) is 22.3 Å². The maximum atomic E-state index is 12.1. The summed E-state index contributed by atoms with van der Waals surface area (Å²) < 4.78 is 1.71. The SMILES string of the molecule is Cc1cccc(NC(=O)NCCn2nnc3cc(C(=O)N(C)C)ccc32)c1C. The van der Waals surface area contributed by atoms with Gasteiger partial charge in [0.1, 0.15) is 5.52 Å². The van der Waals surface area contributed by atoms with E-state index < -0.39 is 0 Å². The van der Waals surface area contributed by atoms with Crippen LogP contribution in [-0.4, -0.2) is 52.5 Å². The summed E-state index contributed by atoms with van der Waals surface area (Å²) in [5.74, 6) is -0.0822. The van der Waals surface area contributed by atoms with Crippen LogP contribution in [0.2, 0.25) is 0 Å². The van der Waals surface area contributed by atoms with Gasteiger partial charge in [0, 0.05) is 31.9 Å². The molecule has 0 bridgehead atoms. The molecule has 0 spiro atoms. The first-order valence-corrected chi connectivity index (χ1v) is 9.03. The van der Waals surface area contributed by atoms with Gasteiger partial charge in [0.15, 0.2) is 0 Å². The van der Waals surface area contributed by atoms with Crippen LogP contribution in [0.15, 0.2) is 36.4 Å². The number of fused-ring (bicyclic) bond motifs is 1. The van der Waals surface area contributed by atoms with Crippen LogP contribution in [0, 0.1) is 13.8 Å². The van der Waals surface area contributed by atoms with E-state index in [1.54, 1.807) is 30.9 Å². The number of anilines is 1. The Morgan fingerprint density at radius 3 is 2.68 bits per heavy atom. The van der Waals surface area contributed by atoms with Gasteiger partial charge in [0.25, 0.3) is 5.91 Å². The second-order valence-electron chi connectivity index (χ2n) is 6.84. The minimum Gasteiger partial charge on any atom is -0.345 e. The molecule has 1 aromatic heterocycles. The lowest BCUT2D eigenvalue weighted by molar-refractivity contribution is 0.0827. The van der Waals surface area contributed by atoms with Gasteiger partial charge in [-0.25, -0.2) is 9.48 Å². The fourth-order valence-corrected chi connectivity index (χ4v) is 2.86. The molecule has 146 valence electrons. The van der Waals surface area contributed by atoms with Crippen LogP contribution in [0.3, 0.4) is 0 Å². The van der Waals surface area contributed by atoms with Gasteiger partial charge in [0.05, 0.1) is 12.1 Å². The molecule has 0 aliphatic heterocycles. The molecular formula is C20H24N6O2. The topological polar surface area (TPSA) is 92.1 Å². The molecule has 0 aliphatic carbocycles. The summed E-state index contributed by atoms with van der Waals surface area (Å²) in [6.07, 6.45) is 0. The highest BCUT2D eigenvalue weighted by Gasteiger charge is 2.12. The zero-order chi connectivity index (χ0) is 20.3. The summed E-state index contributed by atoms with van der Waals surface area (Å²) in [6, 6.07) is 10.8. The van der Waals surface area contributed by atoms with Crippen LogP contribution in [0.1, 0.15) is 21.5 Å². The van der Waals surface area contributed by atoms with E-state index in [-0.39, 0.29) is 11.9 Å². The maximum absolute atomic E-state index is 12.1. The third-order valence-corrected chi connectivity index (χ3v) is 4.63. The van der Waals surface area contributed by atoms with Crippen LogP contribution < -0.4 is 10.6 Å². The number of aryl methyl sites for hydroxylation is 1. The summed E-state index contributed by atoms with van der Waals surface area (Å²) in [5.41, 5.74) is 4.99. The van der Waals surface area contributed by atoms with Crippen molar-refractivity contribution in [3.05, 3.63) is 53.1 Å². The van der Waals surface area contributed by atoms with Crippen LogP contribution in [0.4, 0.5) is 10.5 Å². The largest absolute Gasteiger partial charge is 0.345 e. The predicted molar refractivity (Wildman–Crippen MR) is 108 cm³/mol. The zero-order valence-electron chi connectivity index (χ0n) is 16.5. The van der Waals surface area contributed by atoms with Crippen molar-refractivity contribution in [1.82, 2.24) is 25.2 Å². The highest BCUT2D eigenvalue weighted by atomic mass is 16.2. The summed E-state index contributed by atoms with van der Waals surface area (Å²) >= 11 is 0. The zero-order valence-corrected chi connectivity index (χ0v) is 16.5. The van der Waals surface area contributed by atoms with E-state index in [1.807, 2.05) is 38.1 Å². The number of nitrogens with one attached hydrogen (secondary N) is 2. The van der Waals surface area contributed by atoms with Crippen molar-refractivity contribution in [3.63, 3.8) is 0 Å². The van der Waals surface area contributed by atoms with E-state index >= 15 is 0 Å². The molecule has 0 saturated heterocycles. The van der Waals surface area contributed by atoms with Crippen molar-refractivity contribution in [2.45, 2.75) is 20.4 Å². The van der Waals surface area contributed by atoms with Gasteiger partial charge in [-0.1, -0.05) is 17.3 Å². The number of amides is 3. The highest BCUT2D eigenvalue weighted by Crippen LogP contribution is 2.17. The number of hydrogen-bond acceptors (Lipinski definition) is 4. The Kier molecular flexibility index (Phi) is 5.58. The van der Waals surface area contributed by atoms with Crippen molar-refractivity contribution < 1.29 is 9.59 Å². The van der Waals surface area contributed by atoms with E-state index in [4.69, 9.17) is 0 Å². The predicted octanol–water partition coefficient (Wildman–Crippen LogP) is 2.57. The first-order valence-electron chi connectivity index (χ1n) is 9.03. The molecular weight excluding hydrogens is 356 g/mol. The van der Waals surface area contributed by atoms with Crippen LogP contribution >= 0.6 is 0 Å². The Morgan fingerprint density at radius 1 is 1.14 bits per heavy atom. The first kappa shape index (κ1) is 19.3. The molecule has 3 amide bonds. The average Bonchev–Trinajstić information content (AvgIpc) is 3.07. The van der Waals surface area contributed by atoms with Crippen molar-refractivity contribution in [3.8, 4) is 0 Å². The lowest BCUT2D eigenvalue weighted by Gasteiger charge is -2.11. The fraction of sp³-hybridized carbons (Fsp3) is 0.300. The fourth-order valence-electron chi connectivity index (χ4n) is 2.86. The lowest BCUT2D eigenvalue weighted by Crippen LogP contribution is -2.32. The van der Waals surface area contributed by atoms with Gasteiger partial charge in [-0.15, -0.1) is 5.10 Å². The van der Waals surface area contributed by atoms with Crippen LogP contribution in [0.25, 0.3) is 11.0 Å². The standard InChI is InChI=1S/C20H24N6O2/c1-13-6-5-7-16(14(13)2)22-20(28)21-10-11-26-18-9-8-15(19(27)25(3)4)12-17(18)23-24-26/h5-9,12H,10-11H2,1-4H3,(H2,21,22,28). The number of benzene rings is 2. The van der Waals surface area contributed by atoms with Gasteiger partial charge in [-0.2, -0.15) is 0 Å². The average molecular weight is 380 g/mol. The molecule has 8 heteroatoms. The molecule has 3 rings (SSSR count). The molecule has 2 N–H and O–H groups in total. The normalized spacial score (nSPS) is 10.7. The van der Waals surface area contributed by atoms with Crippen LogP contribution in [-0.2, 0) is 6.54 Å². The van der Waals surface area contributed by atoms with E-state index in [0.29, 0.717) is 24.2 Å². The molecule has 0 unspecified atom stereocenters. The summed E-state index contributed by atoms with van der Waals surface area (Å²) in [4.78, 5) is 25.7. The van der Waals surface area contributed by atoms with Crippen LogP contribution in [0.5, 0.6) is 0 Å². The minimum absolute atomic E-state index is 0.0822. The molecule has 1 heterocycles. The number of urea groups is 1. The Morgan fingerprint density at radius 2 is 1.93 bits per heavy atom. The van der Waals surface area contributed by atoms with Gasteiger partial charge < -0.3 is 15.5 Å². The van der Waals surface area contributed by atoms with Crippen molar-refractivity contribution in [1.29, 1.82) is 0 Å². The summed E-state index contributed by atoms with van der Waals surface area (Å²) in [5, 5.41) is 13.9. The molecule has 0 saturated carbocycles. The number of nitrogens with zero attached hydrogens (tertiary/aromatic N) is 4. The summed E-state index contributed by atoms with van der Waals surface area (Å²) in [6.45, 7) is 4.85. The Bertz CT molecular complexity index is 1020. The number of rotatable bonds is 5. The third kappa shape index (κ3) is 4.11. The Labute approximate surface area is 163 Å². The second-order valence-corrected chi connectivity index (χ2v) is 6.84. The molecule has 8 nitrogen and oxygen atoms in total. The number of hydrogen-bond donors (Lipinski definition) is 2. The van der Waals surface area contributed by atoms with Gasteiger partial charge in [-0.05, 0) is 49.2 Å². The Hall–Kier alpha value is -3.42. The molecule has 0 aliphatic rings. The Balaban J connectivity index is 1.60. The van der Waals surface area contributed by atoms with E-state index in [2.05, 4.69) is 20.9 Å². The second kappa shape index (κ2) is 8.08. The monoisotopic (exact) mass is 380 g/mol. The van der Waals surface area contributed by atoms with Gasteiger partial charge >= 0.3 is 6.03 Å². The maximum Gasteiger partial charge on any atom is 0.319 e. The molecule has 0 atom stereocenters. The van der Waals surface area contributed by atoms with Crippen molar-refractivity contribution in [2.75, 3.05) is 26.0 Å². The molecule has 0 fully saturated rings. The quantitative estimate of drug-likeness (QED) is 0.712.